The molecule has 0 spiro atoms. The summed E-state index contributed by atoms with van der Waals surface area (Å²) < 4.78 is 2.04. The average molecular weight is 314 g/mol. The van der Waals surface area contributed by atoms with E-state index in [1.165, 1.54) is 11.8 Å². The minimum atomic E-state index is -0.838. The molecule has 0 aliphatic rings. The number of carboxylic acids is 1. The van der Waals surface area contributed by atoms with Gasteiger partial charge in [-0.25, -0.2) is 0 Å². The van der Waals surface area contributed by atoms with E-state index in [1.807, 2.05) is 4.57 Å². The van der Waals surface area contributed by atoms with E-state index >= 15 is 0 Å². The Balaban J connectivity index is 3.05. The summed E-state index contributed by atoms with van der Waals surface area (Å²) in [6.45, 7) is 12.4. The Morgan fingerprint density at radius 3 is 2.48 bits per heavy atom. The van der Waals surface area contributed by atoms with Gasteiger partial charge in [0.15, 0.2) is 5.16 Å². The maximum Gasteiger partial charge on any atom is 0.313 e. The van der Waals surface area contributed by atoms with Crippen molar-refractivity contribution in [2.45, 2.75) is 58.8 Å². The van der Waals surface area contributed by atoms with Crippen molar-refractivity contribution in [3.63, 3.8) is 0 Å². The number of hydrogen-bond acceptors (Lipinski definition) is 5. The van der Waals surface area contributed by atoms with Crippen LogP contribution in [0.3, 0.4) is 0 Å². The second-order valence-electron chi connectivity index (χ2n) is 5.76. The third-order valence-electron chi connectivity index (χ3n) is 2.91. The smallest absolute Gasteiger partial charge is 0.313 e. The van der Waals surface area contributed by atoms with E-state index in [1.54, 1.807) is 0 Å². The fraction of sp³-hybridized carbons (Fsp3) is 0.786. The molecule has 0 radical (unpaired) electrons. The fourth-order valence-electron chi connectivity index (χ4n) is 2.06. The van der Waals surface area contributed by atoms with Crippen LogP contribution in [0.15, 0.2) is 5.16 Å². The molecule has 1 N–H and O–H groups in total. The van der Waals surface area contributed by atoms with Crippen molar-refractivity contribution in [2.75, 3.05) is 17.2 Å². The van der Waals surface area contributed by atoms with Crippen LogP contribution in [0.25, 0.3) is 0 Å². The summed E-state index contributed by atoms with van der Waals surface area (Å²) >= 11 is 1.23. The first-order chi connectivity index (χ1) is 9.86. The lowest BCUT2D eigenvalue weighted by Crippen LogP contribution is -2.36. The molecular weight excluding hydrogens is 288 g/mol. The van der Waals surface area contributed by atoms with Crippen molar-refractivity contribution < 1.29 is 9.90 Å². The number of aromatic nitrogens is 3. The highest BCUT2D eigenvalue weighted by Crippen LogP contribution is 2.24. The van der Waals surface area contributed by atoms with Crippen molar-refractivity contribution in [1.82, 2.24) is 14.8 Å². The minimum Gasteiger partial charge on any atom is -0.481 e. The Labute approximate surface area is 130 Å². The number of nitrogens with zero attached hydrogens (tertiary/aromatic N) is 4. The van der Waals surface area contributed by atoms with E-state index in [4.69, 9.17) is 5.11 Å². The molecule has 1 aromatic rings. The number of hydrogen-bond donors (Lipinski definition) is 1. The summed E-state index contributed by atoms with van der Waals surface area (Å²) in [6, 6.07) is 0.324. The molecule has 1 rings (SSSR count). The molecule has 7 heteroatoms. The third-order valence-corrected chi connectivity index (χ3v) is 3.86. The highest BCUT2D eigenvalue weighted by Gasteiger charge is 2.21. The molecule has 21 heavy (non-hydrogen) atoms. The van der Waals surface area contributed by atoms with Crippen molar-refractivity contribution in [3.05, 3.63) is 0 Å². The molecule has 0 atom stereocenters. The summed E-state index contributed by atoms with van der Waals surface area (Å²) in [4.78, 5) is 13.0. The molecule has 0 saturated carbocycles. The zero-order valence-electron chi connectivity index (χ0n) is 13.5. The van der Waals surface area contributed by atoms with Crippen LogP contribution in [0.4, 0.5) is 5.95 Å². The first-order valence-corrected chi connectivity index (χ1v) is 8.39. The predicted molar refractivity (Wildman–Crippen MR) is 86.0 cm³/mol. The monoisotopic (exact) mass is 314 g/mol. The standard InChI is InChI=1S/C14H26N4O2S/c1-6-7-17-13(18(11(4)5)8-10(2)3)15-16-14(17)21-9-12(19)20/h10-11H,6-9H2,1-5H3,(H,19,20). The van der Waals surface area contributed by atoms with Crippen molar-refractivity contribution in [3.8, 4) is 0 Å². The molecule has 0 amide bonds. The van der Waals surface area contributed by atoms with Gasteiger partial charge in [-0.1, -0.05) is 32.5 Å². The molecule has 1 heterocycles. The summed E-state index contributed by atoms with van der Waals surface area (Å²) in [5, 5.41) is 18.0. The van der Waals surface area contributed by atoms with Crippen LogP contribution < -0.4 is 4.90 Å². The summed E-state index contributed by atoms with van der Waals surface area (Å²) in [5.41, 5.74) is 0. The van der Waals surface area contributed by atoms with Crippen molar-refractivity contribution >= 4 is 23.7 Å². The quantitative estimate of drug-likeness (QED) is 0.707. The van der Waals surface area contributed by atoms with Gasteiger partial charge in [-0.3, -0.25) is 9.36 Å². The Hall–Kier alpha value is -1.24. The molecular formula is C14H26N4O2S. The number of thioether (sulfide) groups is 1. The molecule has 0 saturated heterocycles. The molecule has 6 nitrogen and oxygen atoms in total. The van der Waals surface area contributed by atoms with E-state index in [2.05, 4.69) is 49.7 Å². The van der Waals surface area contributed by atoms with Crippen LogP contribution in [0.5, 0.6) is 0 Å². The molecule has 0 aromatic carbocycles. The van der Waals surface area contributed by atoms with Crippen LogP contribution in [0, 0.1) is 5.92 Å². The van der Waals surface area contributed by atoms with Gasteiger partial charge in [0.05, 0.1) is 5.75 Å². The molecule has 0 fully saturated rings. The second-order valence-corrected chi connectivity index (χ2v) is 6.70. The van der Waals surface area contributed by atoms with Gasteiger partial charge in [-0.15, -0.1) is 10.2 Å². The first-order valence-electron chi connectivity index (χ1n) is 7.41. The lowest BCUT2D eigenvalue weighted by Gasteiger charge is -2.29. The lowest BCUT2D eigenvalue weighted by molar-refractivity contribution is -0.133. The Bertz CT molecular complexity index is 460. The van der Waals surface area contributed by atoms with E-state index in [0.717, 1.165) is 25.5 Å². The van der Waals surface area contributed by atoms with Crippen molar-refractivity contribution in [1.29, 1.82) is 0 Å². The van der Waals surface area contributed by atoms with Crippen LogP contribution in [0.1, 0.15) is 41.0 Å². The van der Waals surface area contributed by atoms with Gasteiger partial charge in [0, 0.05) is 19.1 Å². The van der Waals surface area contributed by atoms with Gasteiger partial charge < -0.3 is 10.0 Å². The second kappa shape index (κ2) is 8.26. The zero-order valence-corrected chi connectivity index (χ0v) is 14.4. The van der Waals surface area contributed by atoms with Crippen LogP contribution in [0.2, 0.25) is 0 Å². The Morgan fingerprint density at radius 1 is 1.33 bits per heavy atom. The van der Waals surface area contributed by atoms with E-state index in [0.29, 0.717) is 17.1 Å². The first kappa shape index (κ1) is 17.8. The van der Waals surface area contributed by atoms with E-state index in [-0.39, 0.29) is 5.75 Å². The minimum absolute atomic E-state index is 0.00765. The molecule has 0 bridgehead atoms. The van der Waals surface area contributed by atoms with E-state index in [9.17, 15) is 4.79 Å². The maximum absolute atomic E-state index is 10.7. The van der Waals surface area contributed by atoms with Crippen LogP contribution in [-0.2, 0) is 11.3 Å². The van der Waals surface area contributed by atoms with Gasteiger partial charge in [-0.05, 0) is 26.2 Å². The fourth-order valence-corrected chi connectivity index (χ4v) is 2.74. The third kappa shape index (κ3) is 5.22. The van der Waals surface area contributed by atoms with Crippen LogP contribution in [-0.4, -0.2) is 44.2 Å². The molecule has 1 aromatic heterocycles. The Kier molecular flexibility index (Phi) is 7.01. The zero-order chi connectivity index (χ0) is 16.0. The lowest BCUT2D eigenvalue weighted by atomic mass is 10.2. The van der Waals surface area contributed by atoms with E-state index < -0.39 is 5.97 Å². The summed E-state index contributed by atoms with van der Waals surface area (Å²) in [5.74, 6) is 0.534. The predicted octanol–water partition coefficient (Wildman–Crippen LogP) is 2.74. The van der Waals surface area contributed by atoms with Crippen LogP contribution >= 0.6 is 11.8 Å². The van der Waals surface area contributed by atoms with Gasteiger partial charge in [0.25, 0.3) is 0 Å². The molecule has 0 unspecified atom stereocenters. The van der Waals surface area contributed by atoms with Gasteiger partial charge >= 0.3 is 5.97 Å². The Morgan fingerprint density at radius 2 is 2.00 bits per heavy atom. The highest BCUT2D eigenvalue weighted by molar-refractivity contribution is 7.99. The number of carboxylic acid groups (broad SMARTS) is 1. The summed E-state index contributed by atoms with van der Waals surface area (Å²) in [7, 11) is 0. The van der Waals surface area contributed by atoms with Gasteiger partial charge in [0.1, 0.15) is 0 Å². The number of aliphatic carboxylic acids is 1. The van der Waals surface area contributed by atoms with Crippen molar-refractivity contribution in [2.24, 2.45) is 5.92 Å². The molecule has 120 valence electrons. The average Bonchev–Trinajstić information content (AvgIpc) is 2.76. The SMILES string of the molecule is CCCn1c(SCC(=O)O)nnc1N(CC(C)C)C(C)C. The largest absolute Gasteiger partial charge is 0.481 e. The van der Waals surface area contributed by atoms with Gasteiger partial charge in [-0.2, -0.15) is 0 Å². The van der Waals surface area contributed by atoms with Gasteiger partial charge in [0.2, 0.25) is 5.95 Å². The maximum atomic E-state index is 10.7. The topological polar surface area (TPSA) is 71.2 Å². The normalized spacial score (nSPS) is 11.4. The number of anilines is 1. The highest BCUT2D eigenvalue weighted by atomic mass is 32.2. The number of carbonyl (C=O) groups is 1. The molecule has 0 aliphatic carbocycles. The number of rotatable bonds is 9. The molecule has 0 aliphatic heterocycles. The summed E-state index contributed by atoms with van der Waals surface area (Å²) in [6.07, 6.45) is 0.958.